The molecule has 5 nitrogen and oxygen atoms in total. The van der Waals surface area contributed by atoms with Crippen molar-refractivity contribution in [3.63, 3.8) is 0 Å². The van der Waals surface area contributed by atoms with Gasteiger partial charge in [0.1, 0.15) is 0 Å². The maximum atomic E-state index is 9.59. The second-order valence-corrected chi connectivity index (χ2v) is 6.58. The topological polar surface area (TPSA) is 83.5 Å². The van der Waals surface area contributed by atoms with Crippen LogP contribution in [-0.2, 0) is 19.3 Å². The Balaban J connectivity index is 0.00000243. The van der Waals surface area contributed by atoms with Gasteiger partial charge in [-0.2, -0.15) is 0 Å². The predicted molar refractivity (Wildman–Crippen MR) is 117 cm³/mol. The molecule has 1 heterocycles. The molecule has 3 rings (SSSR count). The summed E-state index contributed by atoms with van der Waals surface area (Å²) in [7, 11) is 0. The smallest absolute Gasteiger partial charge is 0.193 e. The van der Waals surface area contributed by atoms with E-state index >= 15 is 0 Å². The van der Waals surface area contributed by atoms with Gasteiger partial charge in [0.25, 0.3) is 0 Å². The van der Waals surface area contributed by atoms with E-state index in [0.717, 1.165) is 24.2 Å². The highest BCUT2D eigenvalue weighted by atomic mass is 127. The first-order chi connectivity index (χ1) is 12.3. The van der Waals surface area contributed by atoms with Crippen LogP contribution in [-0.4, -0.2) is 29.2 Å². The van der Waals surface area contributed by atoms with Gasteiger partial charge in [0.05, 0.1) is 0 Å². The second kappa shape index (κ2) is 10.5. The Bertz CT molecular complexity index is 721. The van der Waals surface area contributed by atoms with E-state index in [1.165, 1.54) is 24.0 Å². The molecule has 0 fully saturated rings. The van der Waals surface area contributed by atoms with Gasteiger partial charge in [-0.3, -0.25) is 9.98 Å². The number of guanidine groups is 1. The Hall–Kier alpha value is -1.67. The number of aliphatic imine (C=N–C) groups is 1. The number of rotatable bonds is 6. The SMILES string of the molecule is I.NC(=NCC(CO)Cc1ccccn1)Nc1cccc2c1CCCC2. The van der Waals surface area contributed by atoms with E-state index in [9.17, 15) is 5.11 Å². The first-order valence-corrected chi connectivity index (χ1v) is 8.94. The molecule has 0 saturated carbocycles. The molecule has 1 aliphatic rings. The number of aromatic nitrogens is 1. The molecule has 1 aliphatic carbocycles. The molecule has 26 heavy (non-hydrogen) atoms. The number of fused-ring (bicyclic) bond motifs is 1. The summed E-state index contributed by atoms with van der Waals surface area (Å²) in [6.07, 6.45) is 7.16. The molecule has 6 heteroatoms. The van der Waals surface area contributed by atoms with Gasteiger partial charge in [-0.1, -0.05) is 18.2 Å². The zero-order valence-electron chi connectivity index (χ0n) is 14.9. The van der Waals surface area contributed by atoms with Gasteiger partial charge in [0, 0.05) is 36.6 Å². The Labute approximate surface area is 172 Å². The van der Waals surface area contributed by atoms with Crippen molar-refractivity contribution < 1.29 is 5.11 Å². The van der Waals surface area contributed by atoms with E-state index in [2.05, 4.69) is 33.5 Å². The molecule has 0 radical (unpaired) electrons. The molecular formula is C20H27IN4O. The largest absolute Gasteiger partial charge is 0.396 e. The molecule has 2 aromatic rings. The summed E-state index contributed by atoms with van der Waals surface area (Å²) in [4.78, 5) is 8.73. The second-order valence-electron chi connectivity index (χ2n) is 6.58. The minimum absolute atomic E-state index is 0. The third kappa shape index (κ3) is 5.67. The normalized spacial score (nSPS) is 14.9. The Morgan fingerprint density at radius 2 is 2.04 bits per heavy atom. The zero-order valence-corrected chi connectivity index (χ0v) is 17.2. The zero-order chi connectivity index (χ0) is 17.5. The average molecular weight is 466 g/mol. The highest BCUT2D eigenvalue weighted by Gasteiger charge is 2.13. The van der Waals surface area contributed by atoms with Crippen molar-refractivity contribution in [2.45, 2.75) is 32.1 Å². The summed E-state index contributed by atoms with van der Waals surface area (Å²) >= 11 is 0. The number of halogens is 1. The highest BCUT2D eigenvalue weighted by Crippen LogP contribution is 2.27. The molecule has 1 atom stereocenters. The molecular weight excluding hydrogens is 439 g/mol. The summed E-state index contributed by atoms with van der Waals surface area (Å²) < 4.78 is 0. The van der Waals surface area contributed by atoms with Crippen molar-refractivity contribution >= 4 is 35.6 Å². The van der Waals surface area contributed by atoms with Gasteiger partial charge in [0.2, 0.25) is 0 Å². The van der Waals surface area contributed by atoms with Crippen LogP contribution < -0.4 is 11.1 Å². The first kappa shape index (κ1) is 20.6. The standard InChI is InChI=1S/C20H26N4O.HI/c21-20(23-13-15(14-25)12-17-8-3-4-11-22-17)24-19-10-5-7-16-6-1-2-9-18(16)19;/h3-5,7-8,10-11,15,25H,1-2,6,9,12-14H2,(H3,21,23,24);1H. The Morgan fingerprint density at radius 1 is 1.19 bits per heavy atom. The minimum atomic E-state index is 0. The maximum absolute atomic E-state index is 9.59. The van der Waals surface area contributed by atoms with Crippen LogP contribution in [0.4, 0.5) is 5.69 Å². The van der Waals surface area contributed by atoms with E-state index in [1.807, 2.05) is 18.2 Å². The van der Waals surface area contributed by atoms with Crippen LogP contribution in [0, 0.1) is 5.92 Å². The number of hydrogen-bond acceptors (Lipinski definition) is 3. The van der Waals surface area contributed by atoms with Crippen molar-refractivity contribution in [2.24, 2.45) is 16.6 Å². The minimum Gasteiger partial charge on any atom is -0.396 e. The van der Waals surface area contributed by atoms with Crippen molar-refractivity contribution in [2.75, 3.05) is 18.5 Å². The monoisotopic (exact) mass is 466 g/mol. The van der Waals surface area contributed by atoms with E-state index in [1.54, 1.807) is 6.20 Å². The number of pyridine rings is 1. The fourth-order valence-electron chi connectivity index (χ4n) is 3.30. The highest BCUT2D eigenvalue weighted by molar-refractivity contribution is 14.0. The predicted octanol–water partition coefficient (Wildman–Crippen LogP) is 3.16. The number of benzene rings is 1. The van der Waals surface area contributed by atoms with Crippen LogP contribution >= 0.6 is 24.0 Å². The molecule has 1 aromatic heterocycles. The molecule has 1 aromatic carbocycles. The van der Waals surface area contributed by atoms with Crippen LogP contribution in [0.2, 0.25) is 0 Å². The quantitative estimate of drug-likeness (QED) is 0.347. The Kier molecular flexibility index (Phi) is 8.31. The van der Waals surface area contributed by atoms with E-state index in [-0.39, 0.29) is 36.5 Å². The lowest BCUT2D eigenvalue weighted by Crippen LogP contribution is -2.26. The summed E-state index contributed by atoms with van der Waals surface area (Å²) in [5.41, 5.74) is 10.9. The lowest BCUT2D eigenvalue weighted by molar-refractivity contribution is 0.229. The van der Waals surface area contributed by atoms with Crippen molar-refractivity contribution in [3.8, 4) is 0 Å². The third-order valence-electron chi connectivity index (χ3n) is 4.66. The maximum Gasteiger partial charge on any atom is 0.193 e. The fraction of sp³-hybridized carbons (Fsp3) is 0.400. The lowest BCUT2D eigenvalue weighted by Gasteiger charge is -2.20. The number of nitrogens with one attached hydrogen (secondary N) is 1. The van der Waals surface area contributed by atoms with Gasteiger partial charge >= 0.3 is 0 Å². The average Bonchev–Trinajstić information content (AvgIpc) is 2.66. The molecule has 4 N–H and O–H groups in total. The van der Waals surface area contributed by atoms with Crippen LogP contribution in [0.5, 0.6) is 0 Å². The number of aliphatic hydroxyl groups is 1. The molecule has 0 bridgehead atoms. The number of aliphatic hydroxyl groups excluding tert-OH is 1. The summed E-state index contributed by atoms with van der Waals surface area (Å²) in [5, 5.41) is 12.8. The van der Waals surface area contributed by atoms with E-state index in [4.69, 9.17) is 5.73 Å². The number of nitrogens with two attached hydrogens (primary N) is 1. The van der Waals surface area contributed by atoms with Crippen molar-refractivity contribution in [3.05, 3.63) is 59.4 Å². The number of hydrogen-bond donors (Lipinski definition) is 3. The fourth-order valence-corrected chi connectivity index (χ4v) is 3.30. The van der Waals surface area contributed by atoms with Gasteiger partial charge in [0.15, 0.2) is 5.96 Å². The molecule has 1 unspecified atom stereocenters. The molecule has 0 aliphatic heterocycles. The summed E-state index contributed by atoms with van der Waals surface area (Å²) in [6.45, 7) is 0.537. The van der Waals surface area contributed by atoms with Crippen molar-refractivity contribution in [1.29, 1.82) is 0 Å². The van der Waals surface area contributed by atoms with Gasteiger partial charge in [-0.05, 0) is 61.4 Å². The number of nitrogens with zero attached hydrogens (tertiary/aromatic N) is 2. The summed E-state index contributed by atoms with van der Waals surface area (Å²) in [5.74, 6) is 0.415. The van der Waals surface area contributed by atoms with Crippen LogP contribution in [0.1, 0.15) is 29.7 Å². The molecule has 0 saturated heterocycles. The van der Waals surface area contributed by atoms with Crippen LogP contribution in [0.3, 0.4) is 0 Å². The van der Waals surface area contributed by atoms with Crippen LogP contribution in [0.15, 0.2) is 47.6 Å². The number of aryl methyl sites for hydroxylation is 1. The first-order valence-electron chi connectivity index (χ1n) is 8.94. The Morgan fingerprint density at radius 3 is 2.81 bits per heavy atom. The number of anilines is 1. The molecule has 0 spiro atoms. The molecule has 0 amide bonds. The summed E-state index contributed by atoms with van der Waals surface area (Å²) in [6, 6.07) is 12.1. The van der Waals surface area contributed by atoms with Gasteiger partial charge in [-0.15, -0.1) is 24.0 Å². The van der Waals surface area contributed by atoms with Gasteiger partial charge < -0.3 is 16.2 Å². The third-order valence-corrected chi connectivity index (χ3v) is 4.66. The lowest BCUT2D eigenvalue weighted by atomic mass is 9.90. The van der Waals surface area contributed by atoms with E-state index < -0.39 is 0 Å². The van der Waals surface area contributed by atoms with Gasteiger partial charge in [-0.25, -0.2) is 0 Å². The van der Waals surface area contributed by atoms with Crippen molar-refractivity contribution in [1.82, 2.24) is 4.98 Å². The molecule has 140 valence electrons. The van der Waals surface area contributed by atoms with E-state index in [0.29, 0.717) is 18.9 Å². The van der Waals surface area contributed by atoms with Crippen LogP contribution in [0.25, 0.3) is 0 Å².